The minimum Gasteiger partial charge on any atom is -0.484 e. The van der Waals surface area contributed by atoms with Crippen LogP contribution in [0.2, 0.25) is 0 Å². The van der Waals surface area contributed by atoms with Gasteiger partial charge in [-0.3, -0.25) is 9.59 Å². The molecule has 6 heteroatoms. The number of nitrogens with zero attached hydrogens (tertiary/aromatic N) is 1. The van der Waals surface area contributed by atoms with E-state index in [0.29, 0.717) is 23.8 Å². The topological polar surface area (TPSA) is 67.9 Å². The van der Waals surface area contributed by atoms with Crippen molar-refractivity contribution in [2.24, 2.45) is 5.92 Å². The molecular formula is C26H40N2O4. The molecule has 2 saturated heterocycles. The molecule has 2 aliphatic heterocycles. The number of ether oxygens (including phenoxy) is 2. The molecule has 0 aliphatic carbocycles. The van der Waals surface area contributed by atoms with Crippen LogP contribution in [-0.2, 0) is 9.53 Å². The second kappa shape index (κ2) is 11.7. The number of likely N-dealkylation sites (tertiary alicyclic amines) is 1. The van der Waals surface area contributed by atoms with E-state index in [2.05, 4.69) is 33.0 Å². The highest BCUT2D eigenvalue weighted by Gasteiger charge is 2.30. The molecule has 0 radical (unpaired) electrons. The average molecular weight is 445 g/mol. The Morgan fingerprint density at radius 1 is 1.09 bits per heavy atom. The van der Waals surface area contributed by atoms with Crippen molar-refractivity contribution in [3.8, 4) is 5.75 Å². The molecule has 2 fully saturated rings. The minimum absolute atomic E-state index is 0.0260. The molecule has 0 aromatic heterocycles. The second-order valence-corrected chi connectivity index (χ2v) is 9.42. The first kappa shape index (κ1) is 24.6. The number of piperidine rings is 1. The van der Waals surface area contributed by atoms with E-state index in [0.717, 1.165) is 38.5 Å². The predicted octanol–water partition coefficient (Wildman–Crippen LogP) is 4.57. The van der Waals surface area contributed by atoms with Gasteiger partial charge in [0.25, 0.3) is 11.8 Å². The Morgan fingerprint density at radius 3 is 2.38 bits per heavy atom. The first-order valence-corrected chi connectivity index (χ1v) is 12.4. The summed E-state index contributed by atoms with van der Waals surface area (Å²) in [6.07, 6.45) is 7.40. The van der Waals surface area contributed by atoms with Crippen LogP contribution in [0.5, 0.6) is 5.75 Å². The van der Waals surface area contributed by atoms with Crippen LogP contribution >= 0.6 is 0 Å². The van der Waals surface area contributed by atoms with Gasteiger partial charge in [0.1, 0.15) is 5.75 Å². The molecule has 1 aromatic carbocycles. The third kappa shape index (κ3) is 6.25. The Hall–Kier alpha value is -2.08. The number of carbonyl (C=O) groups is 2. The fourth-order valence-electron chi connectivity index (χ4n) is 5.21. The molecule has 178 valence electrons. The molecule has 2 heterocycles. The number of amides is 2. The average Bonchev–Trinajstić information content (AvgIpc) is 2.79. The van der Waals surface area contributed by atoms with E-state index >= 15 is 0 Å². The molecule has 2 aliphatic rings. The third-order valence-electron chi connectivity index (χ3n) is 7.19. The molecule has 6 nitrogen and oxygen atoms in total. The van der Waals surface area contributed by atoms with E-state index in [9.17, 15) is 9.59 Å². The summed E-state index contributed by atoms with van der Waals surface area (Å²) in [4.78, 5) is 27.3. The summed E-state index contributed by atoms with van der Waals surface area (Å²) in [6, 6.07) is 7.72. The van der Waals surface area contributed by atoms with Crippen LogP contribution in [0.25, 0.3) is 0 Å². The standard InChI is InChI=1S/C26H40N2O4/c1-5-20(6-2)24-16-22(14-15-31-24)27-26(30)21-10-12-23(13-11-21)32-17-25(29)28-18(3)8-7-9-19(28)4/h10-13,18-20,22,24H,5-9,14-17H2,1-4H3,(H,27,30)/t18-,19+,22-,24-/m0/s1. The summed E-state index contributed by atoms with van der Waals surface area (Å²) in [6.45, 7) is 9.33. The van der Waals surface area contributed by atoms with E-state index < -0.39 is 0 Å². The van der Waals surface area contributed by atoms with Crippen LogP contribution < -0.4 is 10.1 Å². The van der Waals surface area contributed by atoms with E-state index in [1.807, 2.05) is 4.90 Å². The number of hydrogen-bond acceptors (Lipinski definition) is 4. The Kier molecular flexibility index (Phi) is 8.97. The van der Waals surface area contributed by atoms with Gasteiger partial charge >= 0.3 is 0 Å². The van der Waals surface area contributed by atoms with Crippen LogP contribution in [0.4, 0.5) is 0 Å². The molecular weight excluding hydrogens is 404 g/mol. The summed E-state index contributed by atoms with van der Waals surface area (Å²) >= 11 is 0. The first-order valence-electron chi connectivity index (χ1n) is 12.4. The molecule has 1 aromatic rings. The fourth-order valence-corrected chi connectivity index (χ4v) is 5.21. The monoisotopic (exact) mass is 444 g/mol. The van der Waals surface area contributed by atoms with Crippen LogP contribution in [0.3, 0.4) is 0 Å². The predicted molar refractivity (Wildman–Crippen MR) is 126 cm³/mol. The SMILES string of the molecule is CCC(CC)[C@@H]1C[C@@H](NC(=O)c2ccc(OCC(=O)N3[C@H](C)CCC[C@@H]3C)cc2)CCO1. The van der Waals surface area contributed by atoms with Gasteiger partial charge < -0.3 is 19.7 Å². The maximum absolute atomic E-state index is 12.7. The smallest absolute Gasteiger partial charge is 0.260 e. The number of carbonyl (C=O) groups excluding carboxylic acids is 2. The lowest BCUT2D eigenvalue weighted by Gasteiger charge is -2.38. The summed E-state index contributed by atoms with van der Waals surface area (Å²) < 4.78 is 11.7. The third-order valence-corrected chi connectivity index (χ3v) is 7.19. The zero-order valence-electron chi connectivity index (χ0n) is 20.1. The minimum atomic E-state index is -0.0706. The Bertz CT molecular complexity index is 737. The van der Waals surface area contributed by atoms with Crippen molar-refractivity contribution in [3.05, 3.63) is 29.8 Å². The highest BCUT2D eigenvalue weighted by molar-refractivity contribution is 5.94. The van der Waals surface area contributed by atoms with Crippen molar-refractivity contribution in [2.75, 3.05) is 13.2 Å². The van der Waals surface area contributed by atoms with Gasteiger partial charge in [-0.1, -0.05) is 26.7 Å². The van der Waals surface area contributed by atoms with Crippen molar-refractivity contribution in [3.63, 3.8) is 0 Å². The molecule has 3 rings (SSSR count). The zero-order valence-corrected chi connectivity index (χ0v) is 20.1. The van der Waals surface area contributed by atoms with Crippen molar-refractivity contribution in [1.82, 2.24) is 10.2 Å². The molecule has 2 amide bonds. The Morgan fingerprint density at radius 2 is 1.75 bits per heavy atom. The zero-order chi connectivity index (χ0) is 23.1. The molecule has 0 unspecified atom stereocenters. The van der Waals surface area contributed by atoms with Gasteiger partial charge in [0.2, 0.25) is 0 Å². The van der Waals surface area contributed by atoms with Gasteiger partial charge in [-0.05, 0) is 76.1 Å². The maximum Gasteiger partial charge on any atom is 0.260 e. The van der Waals surface area contributed by atoms with Gasteiger partial charge in [-0.25, -0.2) is 0 Å². The van der Waals surface area contributed by atoms with Crippen LogP contribution in [0.15, 0.2) is 24.3 Å². The number of hydrogen-bond donors (Lipinski definition) is 1. The number of nitrogens with one attached hydrogen (secondary N) is 1. The summed E-state index contributed by atoms with van der Waals surface area (Å²) in [5.41, 5.74) is 0.604. The lowest BCUT2D eigenvalue weighted by molar-refractivity contribution is -0.139. The fraction of sp³-hybridized carbons (Fsp3) is 0.692. The normalized spacial score (nSPS) is 26.1. The van der Waals surface area contributed by atoms with Gasteiger partial charge in [0.05, 0.1) is 6.10 Å². The van der Waals surface area contributed by atoms with E-state index in [4.69, 9.17) is 9.47 Å². The molecule has 0 bridgehead atoms. The van der Waals surface area contributed by atoms with Crippen molar-refractivity contribution in [1.29, 1.82) is 0 Å². The largest absolute Gasteiger partial charge is 0.484 e. The molecule has 0 spiro atoms. The van der Waals surface area contributed by atoms with Gasteiger partial charge in [0.15, 0.2) is 6.61 Å². The Balaban J connectivity index is 1.49. The van der Waals surface area contributed by atoms with Crippen LogP contribution in [-0.4, -0.2) is 54.2 Å². The van der Waals surface area contributed by atoms with E-state index in [1.165, 1.54) is 6.42 Å². The molecule has 4 atom stereocenters. The highest BCUT2D eigenvalue weighted by Crippen LogP contribution is 2.26. The Labute approximate surface area is 193 Å². The lowest BCUT2D eigenvalue weighted by Crippen LogP contribution is -2.49. The first-order chi connectivity index (χ1) is 15.4. The van der Waals surface area contributed by atoms with Gasteiger partial charge in [0, 0.05) is 30.3 Å². The van der Waals surface area contributed by atoms with E-state index in [-0.39, 0.29) is 42.7 Å². The van der Waals surface area contributed by atoms with Crippen molar-refractivity contribution >= 4 is 11.8 Å². The summed E-state index contributed by atoms with van der Waals surface area (Å²) in [7, 11) is 0. The maximum atomic E-state index is 12.7. The molecule has 0 saturated carbocycles. The van der Waals surface area contributed by atoms with Crippen LogP contribution in [0.1, 0.15) is 83.0 Å². The van der Waals surface area contributed by atoms with Gasteiger partial charge in [-0.2, -0.15) is 0 Å². The van der Waals surface area contributed by atoms with Crippen molar-refractivity contribution in [2.45, 2.75) is 96.9 Å². The van der Waals surface area contributed by atoms with Crippen molar-refractivity contribution < 1.29 is 19.1 Å². The lowest BCUT2D eigenvalue weighted by atomic mass is 9.89. The summed E-state index contributed by atoms with van der Waals surface area (Å²) in [5, 5.41) is 3.17. The quantitative estimate of drug-likeness (QED) is 0.638. The van der Waals surface area contributed by atoms with Gasteiger partial charge in [-0.15, -0.1) is 0 Å². The van der Waals surface area contributed by atoms with E-state index in [1.54, 1.807) is 24.3 Å². The molecule has 1 N–H and O–H groups in total. The number of rotatable bonds is 8. The molecule has 32 heavy (non-hydrogen) atoms. The number of benzene rings is 1. The summed E-state index contributed by atoms with van der Waals surface area (Å²) in [5.74, 6) is 1.11. The highest BCUT2D eigenvalue weighted by atomic mass is 16.5. The van der Waals surface area contributed by atoms with Crippen LogP contribution in [0, 0.1) is 5.92 Å². The second-order valence-electron chi connectivity index (χ2n) is 9.42.